The number of nitrogens with zero attached hydrogens (tertiary/aromatic N) is 4. The zero-order valence-corrected chi connectivity index (χ0v) is 14.8. The summed E-state index contributed by atoms with van der Waals surface area (Å²) in [5.41, 5.74) is 7.07. The van der Waals surface area contributed by atoms with E-state index < -0.39 is 0 Å². The van der Waals surface area contributed by atoms with Gasteiger partial charge in [0.05, 0.1) is 18.4 Å². The van der Waals surface area contributed by atoms with Crippen molar-refractivity contribution < 1.29 is 0 Å². The normalized spacial score (nSPS) is 18.4. The summed E-state index contributed by atoms with van der Waals surface area (Å²) in [5.74, 6) is 1.33. The maximum Gasteiger partial charge on any atom is 0.262 e. The van der Waals surface area contributed by atoms with Gasteiger partial charge in [-0.1, -0.05) is 18.2 Å². The first-order chi connectivity index (χ1) is 12.7. The minimum absolute atomic E-state index is 0.136. The van der Waals surface area contributed by atoms with Crippen LogP contribution in [0.15, 0.2) is 41.3 Å². The second-order valence-corrected chi connectivity index (χ2v) is 6.96. The monoisotopic (exact) mass is 352 g/mol. The number of hydrogen-bond acceptors (Lipinski definition) is 5. The molecule has 7 heteroatoms. The van der Waals surface area contributed by atoms with E-state index in [1.54, 1.807) is 10.9 Å². The van der Waals surface area contributed by atoms with E-state index in [9.17, 15) is 4.79 Å². The zero-order chi connectivity index (χ0) is 17.9. The molecule has 3 aromatic rings. The number of H-pyrrole nitrogens is 1. The van der Waals surface area contributed by atoms with Gasteiger partial charge in [-0.15, -0.1) is 0 Å². The molecule has 0 bridgehead atoms. The van der Waals surface area contributed by atoms with Gasteiger partial charge in [0, 0.05) is 6.54 Å². The van der Waals surface area contributed by atoms with E-state index >= 15 is 0 Å². The molecule has 4 rings (SSSR count). The molecule has 0 aliphatic carbocycles. The largest absolute Gasteiger partial charge is 0.330 e. The van der Waals surface area contributed by atoms with E-state index in [0.29, 0.717) is 29.3 Å². The molecule has 0 saturated carbocycles. The van der Waals surface area contributed by atoms with Crippen molar-refractivity contribution >= 4 is 11.0 Å². The fraction of sp³-hybridized carbons (Fsp3) is 0.421. The molecule has 1 aliphatic rings. The van der Waals surface area contributed by atoms with E-state index in [1.807, 2.05) is 30.3 Å². The molecule has 0 radical (unpaired) electrons. The number of fused-ring (bicyclic) bond motifs is 1. The molecule has 26 heavy (non-hydrogen) atoms. The third-order valence-electron chi connectivity index (χ3n) is 5.04. The van der Waals surface area contributed by atoms with Crippen LogP contribution in [0.1, 0.15) is 25.1 Å². The van der Waals surface area contributed by atoms with Crippen LogP contribution in [0.4, 0.5) is 0 Å². The standard InChI is InChI=1S/C19H24N6O/c20-9-8-14-5-4-10-24(12-14)13-17-22-18-16(19(26)23-17)11-21-25(18)15-6-2-1-3-7-15/h1-3,6-7,11,14H,4-5,8-10,12-13,20H2,(H,22,23,26). The average molecular weight is 352 g/mol. The SMILES string of the molecule is NCCC1CCCN(Cc2nc3c(cnn3-c3ccccc3)c(=O)[nH]2)C1. The quantitative estimate of drug-likeness (QED) is 0.729. The molecule has 1 unspecified atom stereocenters. The predicted octanol–water partition coefficient (Wildman–Crippen LogP) is 1.67. The highest BCUT2D eigenvalue weighted by Crippen LogP contribution is 2.20. The second kappa shape index (κ2) is 7.39. The smallest absolute Gasteiger partial charge is 0.262 e. The third kappa shape index (κ3) is 3.40. The van der Waals surface area contributed by atoms with Crippen molar-refractivity contribution in [1.29, 1.82) is 0 Å². The molecular formula is C19H24N6O. The first-order valence-electron chi connectivity index (χ1n) is 9.19. The summed E-state index contributed by atoms with van der Waals surface area (Å²) < 4.78 is 1.72. The lowest BCUT2D eigenvalue weighted by Crippen LogP contribution is -2.36. The fourth-order valence-corrected chi connectivity index (χ4v) is 3.77. The van der Waals surface area contributed by atoms with Crippen molar-refractivity contribution in [3.8, 4) is 5.69 Å². The summed E-state index contributed by atoms with van der Waals surface area (Å²) in [5, 5.41) is 4.87. The van der Waals surface area contributed by atoms with Crippen molar-refractivity contribution in [2.45, 2.75) is 25.8 Å². The Balaban J connectivity index is 1.63. The van der Waals surface area contributed by atoms with Crippen LogP contribution in [0.3, 0.4) is 0 Å². The molecule has 1 atom stereocenters. The molecule has 1 fully saturated rings. The van der Waals surface area contributed by atoms with Gasteiger partial charge in [0.25, 0.3) is 5.56 Å². The fourth-order valence-electron chi connectivity index (χ4n) is 3.77. The molecule has 0 spiro atoms. The highest BCUT2D eigenvalue weighted by atomic mass is 16.1. The lowest BCUT2D eigenvalue weighted by molar-refractivity contribution is 0.159. The van der Waals surface area contributed by atoms with Crippen LogP contribution in [0.25, 0.3) is 16.7 Å². The van der Waals surface area contributed by atoms with Gasteiger partial charge in [-0.25, -0.2) is 9.67 Å². The molecule has 3 N–H and O–H groups in total. The number of hydrogen-bond donors (Lipinski definition) is 2. The Kier molecular flexibility index (Phi) is 4.81. The summed E-state index contributed by atoms with van der Waals surface area (Å²) in [6.07, 6.45) is 5.03. The summed E-state index contributed by atoms with van der Waals surface area (Å²) in [6.45, 7) is 3.42. The number of aromatic nitrogens is 4. The highest BCUT2D eigenvalue weighted by molar-refractivity contribution is 5.75. The molecule has 0 amide bonds. The lowest BCUT2D eigenvalue weighted by atomic mass is 9.95. The van der Waals surface area contributed by atoms with Gasteiger partial charge < -0.3 is 10.7 Å². The van der Waals surface area contributed by atoms with Gasteiger partial charge in [0.15, 0.2) is 5.65 Å². The van der Waals surface area contributed by atoms with Crippen LogP contribution in [0, 0.1) is 5.92 Å². The number of para-hydroxylation sites is 1. The molecule has 136 valence electrons. The van der Waals surface area contributed by atoms with E-state index in [2.05, 4.69) is 15.0 Å². The average Bonchev–Trinajstić information content (AvgIpc) is 3.07. The van der Waals surface area contributed by atoms with Crippen molar-refractivity contribution in [1.82, 2.24) is 24.6 Å². The molecule has 1 saturated heterocycles. The van der Waals surface area contributed by atoms with E-state index in [4.69, 9.17) is 10.7 Å². The Morgan fingerprint density at radius 2 is 2.12 bits per heavy atom. The van der Waals surface area contributed by atoms with Crippen molar-refractivity contribution in [2.24, 2.45) is 11.7 Å². The Morgan fingerprint density at radius 3 is 2.92 bits per heavy atom. The molecule has 7 nitrogen and oxygen atoms in total. The van der Waals surface area contributed by atoms with Crippen LogP contribution in [-0.4, -0.2) is 44.3 Å². The van der Waals surface area contributed by atoms with Crippen molar-refractivity contribution in [3.63, 3.8) is 0 Å². The number of benzene rings is 1. The molecular weight excluding hydrogens is 328 g/mol. The van der Waals surface area contributed by atoms with Gasteiger partial charge in [-0.3, -0.25) is 9.69 Å². The minimum Gasteiger partial charge on any atom is -0.330 e. The van der Waals surface area contributed by atoms with Gasteiger partial charge in [-0.2, -0.15) is 5.10 Å². The van der Waals surface area contributed by atoms with Crippen LogP contribution in [0.2, 0.25) is 0 Å². The van der Waals surface area contributed by atoms with Gasteiger partial charge in [0.1, 0.15) is 11.2 Å². The first-order valence-corrected chi connectivity index (χ1v) is 9.19. The van der Waals surface area contributed by atoms with E-state index in [1.165, 1.54) is 12.8 Å². The van der Waals surface area contributed by atoms with Crippen LogP contribution >= 0.6 is 0 Å². The number of nitrogens with two attached hydrogens (primary N) is 1. The van der Waals surface area contributed by atoms with Crippen molar-refractivity contribution in [3.05, 3.63) is 52.7 Å². The van der Waals surface area contributed by atoms with Gasteiger partial charge in [0.2, 0.25) is 0 Å². The Bertz CT molecular complexity index is 930. The lowest BCUT2D eigenvalue weighted by Gasteiger charge is -2.32. The van der Waals surface area contributed by atoms with E-state index in [-0.39, 0.29) is 5.56 Å². The number of aromatic amines is 1. The Morgan fingerprint density at radius 1 is 1.27 bits per heavy atom. The number of rotatable bonds is 5. The van der Waals surface area contributed by atoms with Gasteiger partial charge in [-0.05, 0) is 50.4 Å². The molecule has 3 heterocycles. The predicted molar refractivity (Wildman–Crippen MR) is 101 cm³/mol. The summed E-state index contributed by atoms with van der Waals surface area (Å²) in [4.78, 5) is 22.5. The molecule has 1 aliphatic heterocycles. The van der Waals surface area contributed by atoms with Gasteiger partial charge >= 0.3 is 0 Å². The maximum absolute atomic E-state index is 12.5. The number of nitrogens with one attached hydrogen (secondary N) is 1. The molecule has 1 aromatic carbocycles. The minimum atomic E-state index is -0.136. The third-order valence-corrected chi connectivity index (χ3v) is 5.04. The molecule has 2 aromatic heterocycles. The Labute approximate surface area is 151 Å². The topological polar surface area (TPSA) is 92.8 Å². The highest BCUT2D eigenvalue weighted by Gasteiger charge is 2.20. The first kappa shape index (κ1) is 16.9. The Hall–Kier alpha value is -2.51. The van der Waals surface area contributed by atoms with E-state index in [0.717, 1.165) is 31.7 Å². The van der Waals surface area contributed by atoms with Crippen LogP contribution in [0.5, 0.6) is 0 Å². The summed E-state index contributed by atoms with van der Waals surface area (Å²) >= 11 is 0. The number of piperidine rings is 1. The maximum atomic E-state index is 12.5. The zero-order valence-electron chi connectivity index (χ0n) is 14.8. The van der Waals surface area contributed by atoms with Crippen LogP contribution in [-0.2, 0) is 6.54 Å². The summed E-state index contributed by atoms with van der Waals surface area (Å²) in [6, 6.07) is 9.76. The van der Waals surface area contributed by atoms with Crippen LogP contribution < -0.4 is 11.3 Å². The summed E-state index contributed by atoms with van der Waals surface area (Å²) in [7, 11) is 0. The van der Waals surface area contributed by atoms with Crippen molar-refractivity contribution in [2.75, 3.05) is 19.6 Å². The number of likely N-dealkylation sites (tertiary alicyclic amines) is 1. The second-order valence-electron chi connectivity index (χ2n) is 6.96.